The summed E-state index contributed by atoms with van der Waals surface area (Å²) in [5, 5.41) is 10.6. The largest absolute Gasteiger partial charge is 0.507 e. The van der Waals surface area contributed by atoms with Gasteiger partial charge in [-0.25, -0.2) is 0 Å². The first kappa shape index (κ1) is 17.1. The fourth-order valence-electron chi connectivity index (χ4n) is 3.91. The number of carbonyl (C=O) groups is 1. The maximum absolute atomic E-state index is 12.5. The van der Waals surface area contributed by atoms with E-state index in [4.69, 9.17) is 4.74 Å². The molecule has 1 fully saturated rings. The molecular formula is C17H24ClNO3. The molecule has 22 heavy (non-hydrogen) atoms. The predicted molar refractivity (Wildman–Crippen MR) is 88.6 cm³/mol. The summed E-state index contributed by atoms with van der Waals surface area (Å²) in [6.45, 7) is 3.95. The molecule has 1 aliphatic heterocycles. The molecule has 0 amide bonds. The molecule has 2 atom stereocenters. The van der Waals surface area contributed by atoms with Crippen LogP contribution < -0.4 is 4.74 Å². The van der Waals surface area contributed by atoms with Crippen LogP contribution in [0.5, 0.6) is 11.5 Å². The molecule has 0 spiro atoms. The highest BCUT2D eigenvalue weighted by Crippen LogP contribution is 2.47. The summed E-state index contributed by atoms with van der Waals surface area (Å²) in [5.74, 6) is 1.66. The summed E-state index contributed by atoms with van der Waals surface area (Å²) >= 11 is 0. The Morgan fingerprint density at radius 3 is 2.82 bits per heavy atom. The zero-order chi connectivity index (χ0) is 15.1. The van der Waals surface area contributed by atoms with Gasteiger partial charge in [-0.1, -0.05) is 6.92 Å². The molecule has 3 rings (SSSR count). The van der Waals surface area contributed by atoms with Crippen molar-refractivity contribution >= 4 is 18.2 Å². The number of halogens is 1. The fraction of sp³-hybridized carbons (Fsp3) is 0.588. The molecule has 1 N–H and O–H groups in total. The zero-order valence-corrected chi connectivity index (χ0v) is 14.2. The van der Waals surface area contributed by atoms with Crippen molar-refractivity contribution in [2.75, 3.05) is 27.2 Å². The third kappa shape index (κ3) is 2.59. The zero-order valence-electron chi connectivity index (χ0n) is 13.4. The molecule has 122 valence electrons. The number of piperidine rings is 1. The lowest BCUT2D eigenvalue weighted by Gasteiger charge is -2.40. The summed E-state index contributed by atoms with van der Waals surface area (Å²) < 4.78 is 5.44. The molecule has 1 saturated heterocycles. The highest BCUT2D eigenvalue weighted by atomic mass is 35.5. The monoisotopic (exact) mass is 325 g/mol. The summed E-state index contributed by atoms with van der Waals surface area (Å²) in [6, 6.07) is 1.99. The molecule has 1 heterocycles. The van der Waals surface area contributed by atoms with Crippen molar-refractivity contribution < 1.29 is 14.6 Å². The average molecular weight is 326 g/mol. The minimum Gasteiger partial charge on any atom is -0.507 e. The number of ether oxygens (including phenoxy) is 1. The lowest BCUT2D eigenvalue weighted by atomic mass is 9.70. The van der Waals surface area contributed by atoms with E-state index in [9.17, 15) is 9.90 Å². The van der Waals surface area contributed by atoms with Crippen LogP contribution in [0, 0.1) is 5.92 Å². The quantitative estimate of drug-likeness (QED) is 0.908. The van der Waals surface area contributed by atoms with Gasteiger partial charge in [-0.05, 0) is 44.0 Å². The lowest BCUT2D eigenvalue weighted by Crippen LogP contribution is -2.40. The van der Waals surface area contributed by atoms with Gasteiger partial charge in [0.15, 0.2) is 5.78 Å². The van der Waals surface area contributed by atoms with Gasteiger partial charge in [0.1, 0.15) is 11.5 Å². The average Bonchev–Trinajstić information content (AvgIpc) is 2.47. The van der Waals surface area contributed by atoms with Gasteiger partial charge in [-0.2, -0.15) is 0 Å². The van der Waals surface area contributed by atoms with Crippen LogP contribution in [0.1, 0.15) is 47.2 Å². The number of hydrogen-bond donors (Lipinski definition) is 1. The topological polar surface area (TPSA) is 49.8 Å². The van der Waals surface area contributed by atoms with Crippen molar-refractivity contribution in [3.63, 3.8) is 0 Å². The summed E-state index contributed by atoms with van der Waals surface area (Å²) in [7, 11) is 3.74. The molecule has 1 aromatic rings. The van der Waals surface area contributed by atoms with Crippen LogP contribution in [0.4, 0.5) is 0 Å². The Hall–Kier alpha value is -1.26. The smallest absolute Gasteiger partial charge is 0.167 e. The van der Waals surface area contributed by atoms with E-state index in [0.717, 1.165) is 30.6 Å². The van der Waals surface area contributed by atoms with Crippen molar-refractivity contribution in [3.05, 3.63) is 22.8 Å². The van der Waals surface area contributed by atoms with Crippen LogP contribution in [0.15, 0.2) is 6.07 Å². The number of ketones is 1. The minimum absolute atomic E-state index is 0. The number of methoxy groups -OCH3 is 1. The van der Waals surface area contributed by atoms with Gasteiger partial charge in [-0.15, -0.1) is 12.4 Å². The van der Waals surface area contributed by atoms with Crippen molar-refractivity contribution in [2.45, 2.75) is 32.1 Å². The van der Waals surface area contributed by atoms with E-state index >= 15 is 0 Å². The molecule has 1 aliphatic carbocycles. The highest BCUT2D eigenvalue weighted by Gasteiger charge is 2.39. The number of hydrogen-bond acceptors (Lipinski definition) is 4. The Bertz CT molecular complexity index is 588. The highest BCUT2D eigenvalue weighted by molar-refractivity contribution is 6.02. The van der Waals surface area contributed by atoms with Crippen LogP contribution in [0.3, 0.4) is 0 Å². The first-order valence-corrected chi connectivity index (χ1v) is 7.71. The van der Waals surface area contributed by atoms with Gasteiger partial charge >= 0.3 is 0 Å². The lowest BCUT2D eigenvalue weighted by molar-refractivity contribution is 0.0883. The van der Waals surface area contributed by atoms with Gasteiger partial charge in [0.2, 0.25) is 0 Å². The molecule has 0 bridgehead atoms. The van der Waals surface area contributed by atoms with Crippen molar-refractivity contribution in [1.29, 1.82) is 0 Å². The van der Waals surface area contributed by atoms with Crippen molar-refractivity contribution in [3.8, 4) is 11.5 Å². The van der Waals surface area contributed by atoms with Gasteiger partial charge in [-0.3, -0.25) is 4.79 Å². The van der Waals surface area contributed by atoms with Gasteiger partial charge in [0.25, 0.3) is 0 Å². The number of phenols is 1. The third-order valence-electron chi connectivity index (χ3n) is 5.05. The van der Waals surface area contributed by atoms with E-state index in [2.05, 4.69) is 11.9 Å². The van der Waals surface area contributed by atoms with E-state index in [1.807, 2.05) is 13.0 Å². The Morgan fingerprint density at radius 1 is 1.45 bits per heavy atom. The van der Waals surface area contributed by atoms with Crippen LogP contribution in [-0.4, -0.2) is 43.0 Å². The second-order valence-corrected chi connectivity index (χ2v) is 6.27. The van der Waals surface area contributed by atoms with E-state index in [1.165, 1.54) is 0 Å². The normalized spacial score (nSPS) is 24.2. The van der Waals surface area contributed by atoms with E-state index in [0.29, 0.717) is 36.0 Å². The second kappa shape index (κ2) is 6.47. The first-order chi connectivity index (χ1) is 10.1. The number of nitrogens with zero attached hydrogens (tertiary/aromatic N) is 1. The summed E-state index contributed by atoms with van der Waals surface area (Å²) in [5.41, 5.74) is 2.27. The number of Topliss-reactive ketones (excluding diaryl/α,β-unsaturated/α-hetero) is 1. The molecule has 2 unspecified atom stereocenters. The van der Waals surface area contributed by atoms with Crippen LogP contribution in [0.2, 0.25) is 0 Å². The number of carbonyl (C=O) groups excluding carboxylic acids is 1. The molecule has 0 radical (unpaired) electrons. The Labute approximate surface area is 137 Å². The molecular weight excluding hydrogens is 302 g/mol. The molecule has 5 heteroatoms. The van der Waals surface area contributed by atoms with Gasteiger partial charge in [0.05, 0.1) is 12.7 Å². The molecule has 4 nitrogen and oxygen atoms in total. The molecule has 1 aromatic carbocycles. The number of likely N-dealkylation sites (tertiary alicyclic amines) is 1. The SMILES string of the molecule is CCc1c(OC)cc2c(c1O)C(=O)CC1CCN(C)CC21.Cl. The van der Waals surface area contributed by atoms with E-state index < -0.39 is 0 Å². The number of phenolic OH excluding ortho intramolecular Hbond substituents is 1. The molecule has 0 saturated carbocycles. The number of likely N-dealkylation sites (N-methyl/N-ethyl adjacent to an activating group) is 1. The Morgan fingerprint density at radius 2 is 2.18 bits per heavy atom. The van der Waals surface area contributed by atoms with Crippen LogP contribution >= 0.6 is 12.4 Å². The Kier molecular flexibility index (Phi) is 5.03. The summed E-state index contributed by atoms with van der Waals surface area (Å²) in [6.07, 6.45) is 2.27. The minimum atomic E-state index is 0. The first-order valence-electron chi connectivity index (χ1n) is 7.71. The van der Waals surface area contributed by atoms with E-state index in [1.54, 1.807) is 7.11 Å². The maximum atomic E-state index is 12.5. The molecule has 2 aliphatic rings. The fourth-order valence-corrected chi connectivity index (χ4v) is 3.91. The number of benzene rings is 1. The number of aromatic hydroxyl groups is 1. The Balaban J connectivity index is 0.00000176. The number of fused-ring (bicyclic) bond motifs is 3. The summed E-state index contributed by atoms with van der Waals surface area (Å²) in [4.78, 5) is 14.8. The predicted octanol–water partition coefficient (Wildman–Crippen LogP) is 3.01. The molecule has 0 aromatic heterocycles. The van der Waals surface area contributed by atoms with Gasteiger partial charge in [0, 0.05) is 24.4 Å². The van der Waals surface area contributed by atoms with Crippen LogP contribution in [-0.2, 0) is 6.42 Å². The third-order valence-corrected chi connectivity index (χ3v) is 5.05. The van der Waals surface area contributed by atoms with Crippen LogP contribution in [0.25, 0.3) is 0 Å². The standard InChI is InChI=1S/C17H23NO3.ClH/c1-4-11-15(21-3)8-12-13-9-18(2)6-5-10(13)7-14(19)16(12)17(11)20;/h8,10,13,20H,4-7,9H2,1-3H3;1H. The van der Waals surface area contributed by atoms with E-state index in [-0.39, 0.29) is 23.9 Å². The van der Waals surface area contributed by atoms with Gasteiger partial charge < -0.3 is 14.7 Å². The van der Waals surface area contributed by atoms with Crippen molar-refractivity contribution in [1.82, 2.24) is 4.90 Å². The van der Waals surface area contributed by atoms with Crippen molar-refractivity contribution in [2.24, 2.45) is 5.92 Å². The maximum Gasteiger partial charge on any atom is 0.167 e. The number of rotatable bonds is 2. The second-order valence-electron chi connectivity index (χ2n) is 6.27.